The summed E-state index contributed by atoms with van der Waals surface area (Å²) in [6.45, 7) is 6.02. The van der Waals surface area contributed by atoms with Gasteiger partial charge < -0.3 is 10.6 Å². The van der Waals surface area contributed by atoms with E-state index in [1.165, 1.54) is 0 Å². The first-order valence-electron chi connectivity index (χ1n) is 7.97. The van der Waals surface area contributed by atoms with E-state index in [4.69, 9.17) is 11.6 Å². The molecule has 0 radical (unpaired) electrons. The number of hydrogen-bond donors (Lipinski definition) is 2. The van der Waals surface area contributed by atoms with E-state index in [1.807, 2.05) is 13.0 Å². The maximum absolute atomic E-state index is 12.4. The smallest absolute Gasteiger partial charge is 0.227 e. The van der Waals surface area contributed by atoms with Crippen LogP contribution in [0.4, 0.5) is 5.69 Å². The fourth-order valence-electron chi connectivity index (χ4n) is 2.90. The van der Waals surface area contributed by atoms with Crippen molar-refractivity contribution in [3.63, 3.8) is 0 Å². The third kappa shape index (κ3) is 4.83. The van der Waals surface area contributed by atoms with Crippen LogP contribution >= 0.6 is 11.6 Å². The van der Waals surface area contributed by atoms with Gasteiger partial charge in [-0.3, -0.25) is 9.59 Å². The molecule has 0 unspecified atom stereocenters. The van der Waals surface area contributed by atoms with Crippen molar-refractivity contribution in [2.24, 2.45) is 11.8 Å². The molecule has 0 saturated heterocycles. The van der Waals surface area contributed by atoms with Crippen LogP contribution in [0.15, 0.2) is 30.9 Å². The molecule has 0 spiro atoms. The second-order valence-corrected chi connectivity index (χ2v) is 6.47. The second kappa shape index (κ2) is 8.16. The van der Waals surface area contributed by atoms with Crippen LogP contribution in [0.5, 0.6) is 0 Å². The quantitative estimate of drug-likeness (QED) is 0.807. The number of rotatable bonds is 5. The largest absolute Gasteiger partial charge is 0.352 e. The first-order valence-corrected chi connectivity index (χ1v) is 8.34. The van der Waals surface area contributed by atoms with Crippen LogP contribution in [0.2, 0.25) is 5.02 Å². The van der Waals surface area contributed by atoms with Crippen molar-refractivity contribution < 1.29 is 9.59 Å². The van der Waals surface area contributed by atoms with Gasteiger partial charge in [-0.25, -0.2) is 0 Å². The van der Waals surface area contributed by atoms with Crippen molar-refractivity contribution in [3.8, 4) is 0 Å². The van der Waals surface area contributed by atoms with Gasteiger partial charge in [0.1, 0.15) is 0 Å². The molecule has 1 aromatic rings. The Kier molecular flexibility index (Phi) is 6.22. The molecule has 1 saturated carbocycles. The molecule has 1 fully saturated rings. The predicted molar refractivity (Wildman–Crippen MR) is 93.5 cm³/mol. The van der Waals surface area contributed by atoms with Gasteiger partial charge in [-0.05, 0) is 50.3 Å². The Bertz CT molecular complexity index is 593. The number of amides is 2. The Morgan fingerprint density at radius 1 is 1.22 bits per heavy atom. The number of halogens is 1. The van der Waals surface area contributed by atoms with Gasteiger partial charge in [-0.2, -0.15) is 0 Å². The van der Waals surface area contributed by atoms with E-state index >= 15 is 0 Å². The molecule has 124 valence electrons. The van der Waals surface area contributed by atoms with Gasteiger partial charge in [0.2, 0.25) is 11.8 Å². The molecule has 1 aromatic carbocycles. The third-order valence-electron chi connectivity index (χ3n) is 4.35. The lowest BCUT2D eigenvalue weighted by Crippen LogP contribution is -2.35. The maximum atomic E-state index is 12.4. The highest BCUT2D eigenvalue weighted by Crippen LogP contribution is 2.30. The Morgan fingerprint density at radius 2 is 1.83 bits per heavy atom. The minimum atomic E-state index is -0.0446. The number of carbonyl (C=O) groups excluding carboxylic acids is 2. The molecule has 0 bridgehead atoms. The Labute approximate surface area is 142 Å². The lowest BCUT2D eigenvalue weighted by Gasteiger charge is -2.27. The highest BCUT2D eigenvalue weighted by Gasteiger charge is 2.29. The molecule has 5 heteroatoms. The van der Waals surface area contributed by atoms with E-state index in [-0.39, 0.29) is 23.7 Å². The van der Waals surface area contributed by atoms with Gasteiger partial charge in [0, 0.05) is 29.1 Å². The summed E-state index contributed by atoms with van der Waals surface area (Å²) < 4.78 is 0. The van der Waals surface area contributed by atoms with E-state index in [2.05, 4.69) is 17.2 Å². The Balaban J connectivity index is 1.87. The molecule has 0 aliphatic heterocycles. The van der Waals surface area contributed by atoms with Crippen molar-refractivity contribution in [2.45, 2.75) is 32.6 Å². The average molecular weight is 335 g/mol. The molecular formula is C18H23ClN2O2. The molecule has 23 heavy (non-hydrogen) atoms. The lowest BCUT2D eigenvalue weighted by atomic mass is 9.81. The summed E-state index contributed by atoms with van der Waals surface area (Å²) in [6.07, 6.45) is 4.63. The highest BCUT2D eigenvalue weighted by atomic mass is 35.5. The van der Waals surface area contributed by atoms with Gasteiger partial charge >= 0.3 is 0 Å². The summed E-state index contributed by atoms with van der Waals surface area (Å²) in [5.74, 6) is 0.0403. The minimum Gasteiger partial charge on any atom is -0.352 e. The topological polar surface area (TPSA) is 58.2 Å². The van der Waals surface area contributed by atoms with Crippen LogP contribution in [0.3, 0.4) is 0 Å². The summed E-state index contributed by atoms with van der Waals surface area (Å²) in [7, 11) is 0. The second-order valence-electron chi connectivity index (χ2n) is 6.03. The molecule has 4 nitrogen and oxygen atoms in total. The van der Waals surface area contributed by atoms with E-state index in [0.29, 0.717) is 11.6 Å². The minimum absolute atomic E-state index is 0.00639. The molecule has 1 aliphatic carbocycles. The molecule has 0 aromatic heterocycles. The van der Waals surface area contributed by atoms with Gasteiger partial charge in [-0.15, -0.1) is 6.58 Å². The van der Waals surface area contributed by atoms with Gasteiger partial charge in [0.25, 0.3) is 0 Å². The maximum Gasteiger partial charge on any atom is 0.227 e. The van der Waals surface area contributed by atoms with Crippen LogP contribution in [0, 0.1) is 18.8 Å². The average Bonchev–Trinajstić information content (AvgIpc) is 2.56. The predicted octanol–water partition coefficient (Wildman–Crippen LogP) is 3.70. The molecule has 0 heterocycles. The SMILES string of the molecule is C=CCNC(=O)C1CCC(C(=O)Nc2cc(Cl)ccc2C)CC1. The third-order valence-corrected chi connectivity index (χ3v) is 4.58. The van der Waals surface area contributed by atoms with Gasteiger partial charge in [0.05, 0.1) is 0 Å². The number of anilines is 1. The Morgan fingerprint density at radius 3 is 2.43 bits per heavy atom. The van der Waals surface area contributed by atoms with Gasteiger partial charge in [-0.1, -0.05) is 23.7 Å². The first-order chi connectivity index (χ1) is 11.0. The van der Waals surface area contributed by atoms with Crippen LogP contribution in [0.25, 0.3) is 0 Å². The van der Waals surface area contributed by atoms with Gasteiger partial charge in [0.15, 0.2) is 0 Å². The van der Waals surface area contributed by atoms with Crippen molar-refractivity contribution in [1.82, 2.24) is 5.32 Å². The number of aryl methyl sites for hydroxylation is 1. The van der Waals surface area contributed by atoms with Crippen LogP contribution in [-0.4, -0.2) is 18.4 Å². The molecular weight excluding hydrogens is 312 g/mol. The van der Waals surface area contributed by atoms with E-state index in [9.17, 15) is 9.59 Å². The zero-order valence-electron chi connectivity index (χ0n) is 13.4. The van der Waals surface area contributed by atoms with Crippen LogP contribution < -0.4 is 10.6 Å². The number of nitrogens with one attached hydrogen (secondary N) is 2. The standard InChI is InChI=1S/C18H23ClN2O2/c1-3-10-20-17(22)13-5-7-14(8-6-13)18(23)21-16-11-15(19)9-4-12(16)2/h3-4,9,11,13-14H,1,5-8,10H2,2H3,(H,20,22)(H,21,23). The number of hydrogen-bond acceptors (Lipinski definition) is 2. The molecule has 2 rings (SSSR count). The first kappa shape index (κ1) is 17.5. The summed E-state index contributed by atoms with van der Waals surface area (Å²) in [5, 5.41) is 6.39. The zero-order valence-corrected chi connectivity index (χ0v) is 14.2. The van der Waals surface area contributed by atoms with Crippen molar-refractivity contribution in [1.29, 1.82) is 0 Å². The van der Waals surface area contributed by atoms with Crippen molar-refractivity contribution in [2.75, 3.05) is 11.9 Å². The zero-order chi connectivity index (χ0) is 16.8. The number of benzene rings is 1. The van der Waals surface area contributed by atoms with E-state index < -0.39 is 0 Å². The lowest BCUT2D eigenvalue weighted by molar-refractivity contribution is -0.128. The molecule has 1 aliphatic rings. The van der Waals surface area contributed by atoms with Crippen LogP contribution in [0.1, 0.15) is 31.2 Å². The fourth-order valence-corrected chi connectivity index (χ4v) is 3.07. The molecule has 2 amide bonds. The highest BCUT2D eigenvalue weighted by molar-refractivity contribution is 6.31. The summed E-state index contributed by atoms with van der Waals surface area (Å²) in [6, 6.07) is 5.46. The molecule has 2 N–H and O–H groups in total. The van der Waals surface area contributed by atoms with Crippen molar-refractivity contribution in [3.05, 3.63) is 41.4 Å². The van der Waals surface area contributed by atoms with Crippen molar-refractivity contribution >= 4 is 29.1 Å². The van der Waals surface area contributed by atoms with Crippen LogP contribution in [-0.2, 0) is 9.59 Å². The van der Waals surface area contributed by atoms with E-state index in [1.54, 1.807) is 18.2 Å². The Hall–Kier alpha value is -1.81. The molecule has 0 atom stereocenters. The summed E-state index contributed by atoms with van der Waals surface area (Å²) in [4.78, 5) is 24.3. The monoisotopic (exact) mass is 334 g/mol. The normalized spacial score (nSPS) is 20.6. The summed E-state index contributed by atoms with van der Waals surface area (Å²) in [5.41, 5.74) is 1.74. The van der Waals surface area contributed by atoms with E-state index in [0.717, 1.165) is 36.9 Å². The summed E-state index contributed by atoms with van der Waals surface area (Å²) >= 11 is 5.98. The fraction of sp³-hybridized carbons (Fsp3) is 0.444. The number of carbonyl (C=O) groups is 2.